The molecule has 17 heavy (non-hydrogen) atoms. The molecule has 0 spiro atoms. The molecular weight excluding hydrogens is 238 g/mol. The van der Waals surface area contributed by atoms with Crippen molar-refractivity contribution in [2.45, 2.75) is 19.4 Å². The predicted octanol–water partition coefficient (Wildman–Crippen LogP) is -0.366. The molecule has 5 nitrogen and oxygen atoms in total. The van der Waals surface area contributed by atoms with Gasteiger partial charge in [0.1, 0.15) is 6.54 Å². The number of hydrogen-bond acceptors (Lipinski definition) is 4. The van der Waals surface area contributed by atoms with E-state index in [-0.39, 0.29) is 24.4 Å². The van der Waals surface area contributed by atoms with Gasteiger partial charge >= 0.3 is 0 Å². The molecule has 0 radical (unpaired) electrons. The zero-order valence-corrected chi connectivity index (χ0v) is 10.9. The molecule has 2 amide bonds. The standard InChI is InChI=1S/C11H19N3O2S/c1-8-2-3-12-4-9(8)13-10(15)5-14-7-17-6-11(14)16/h8-9,12H,2-7H2,1H3,(H,13,15). The van der Waals surface area contributed by atoms with Gasteiger partial charge in [-0.25, -0.2) is 0 Å². The highest BCUT2D eigenvalue weighted by Gasteiger charge is 2.26. The number of nitrogens with zero attached hydrogens (tertiary/aromatic N) is 1. The Morgan fingerprint density at radius 2 is 2.47 bits per heavy atom. The molecule has 0 saturated carbocycles. The third kappa shape index (κ3) is 3.35. The number of piperidine rings is 1. The van der Waals surface area contributed by atoms with Gasteiger partial charge in [0.25, 0.3) is 0 Å². The lowest BCUT2D eigenvalue weighted by atomic mass is 9.95. The van der Waals surface area contributed by atoms with Crippen molar-refractivity contribution in [1.29, 1.82) is 0 Å². The van der Waals surface area contributed by atoms with Crippen molar-refractivity contribution in [2.24, 2.45) is 5.92 Å². The lowest BCUT2D eigenvalue weighted by Crippen LogP contribution is -2.52. The Bertz CT molecular complexity index is 311. The van der Waals surface area contributed by atoms with Gasteiger partial charge in [0, 0.05) is 12.6 Å². The molecule has 0 bridgehead atoms. The molecule has 2 saturated heterocycles. The van der Waals surface area contributed by atoms with E-state index in [0.29, 0.717) is 17.5 Å². The van der Waals surface area contributed by atoms with E-state index in [1.807, 2.05) is 0 Å². The SMILES string of the molecule is CC1CCNCC1NC(=O)CN1CSCC1=O. The van der Waals surface area contributed by atoms with E-state index in [2.05, 4.69) is 17.6 Å². The molecule has 2 atom stereocenters. The predicted molar refractivity (Wildman–Crippen MR) is 67.6 cm³/mol. The topological polar surface area (TPSA) is 61.4 Å². The zero-order chi connectivity index (χ0) is 12.3. The molecule has 2 aliphatic heterocycles. The Kier molecular flexibility index (Phi) is 4.28. The van der Waals surface area contributed by atoms with Gasteiger partial charge in [-0.05, 0) is 18.9 Å². The van der Waals surface area contributed by atoms with Crippen molar-refractivity contribution < 1.29 is 9.59 Å². The van der Waals surface area contributed by atoms with E-state index in [9.17, 15) is 9.59 Å². The summed E-state index contributed by atoms with van der Waals surface area (Å²) < 4.78 is 0. The van der Waals surface area contributed by atoms with Gasteiger partial charge in [0.2, 0.25) is 11.8 Å². The third-order valence-corrected chi connectivity index (χ3v) is 4.28. The van der Waals surface area contributed by atoms with E-state index in [1.165, 1.54) is 0 Å². The lowest BCUT2D eigenvalue weighted by molar-refractivity contribution is -0.132. The van der Waals surface area contributed by atoms with E-state index in [0.717, 1.165) is 19.5 Å². The molecule has 0 aromatic rings. The fourth-order valence-corrected chi connectivity index (χ4v) is 3.05. The van der Waals surface area contributed by atoms with Crippen LogP contribution >= 0.6 is 11.8 Å². The lowest BCUT2D eigenvalue weighted by Gasteiger charge is -2.30. The summed E-state index contributed by atoms with van der Waals surface area (Å²) in [4.78, 5) is 24.8. The fraction of sp³-hybridized carbons (Fsp3) is 0.818. The Morgan fingerprint density at radius 3 is 3.12 bits per heavy atom. The summed E-state index contributed by atoms with van der Waals surface area (Å²) in [6.45, 7) is 4.21. The highest BCUT2D eigenvalue weighted by molar-refractivity contribution is 8.00. The molecule has 2 rings (SSSR count). The number of rotatable bonds is 3. The van der Waals surface area contributed by atoms with Crippen molar-refractivity contribution in [3.63, 3.8) is 0 Å². The van der Waals surface area contributed by atoms with Crippen LogP contribution in [0.3, 0.4) is 0 Å². The summed E-state index contributed by atoms with van der Waals surface area (Å²) in [5.41, 5.74) is 0. The minimum Gasteiger partial charge on any atom is -0.350 e. The first kappa shape index (κ1) is 12.7. The molecule has 2 heterocycles. The van der Waals surface area contributed by atoms with Crippen LogP contribution in [0.1, 0.15) is 13.3 Å². The molecular formula is C11H19N3O2S. The maximum Gasteiger partial charge on any atom is 0.239 e. The summed E-state index contributed by atoms with van der Waals surface area (Å²) in [7, 11) is 0. The molecule has 2 fully saturated rings. The van der Waals surface area contributed by atoms with Crippen LogP contribution in [0.15, 0.2) is 0 Å². The van der Waals surface area contributed by atoms with E-state index in [4.69, 9.17) is 0 Å². The number of thioether (sulfide) groups is 1. The second-order valence-corrected chi connectivity index (χ2v) is 5.67. The van der Waals surface area contributed by atoms with Crippen molar-refractivity contribution in [2.75, 3.05) is 31.3 Å². The van der Waals surface area contributed by atoms with Gasteiger partial charge in [0.05, 0.1) is 11.6 Å². The molecule has 2 aliphatic rings. The van der Waals surface area contributed by atoms with Gasteiger partial charge in [-0.2, -0.15) is 0 Å². The van der Waals surface area contributed by atoms with E-state index in [1.54, 1.807) is 16.7 Å². The minimum atomic E-state index is -0.0404. The van der Waals surface area contributed by atoms with Crippen LogP contribution in [0.5, 0.6) is 0 Å². The molecule has 2 N–H and O–H groups in total. The highest BCUT2D eigenvalue weighted by Crippen LogP contribution is 2.15. The molecule has 0 aromatic carbocycles. The van der Waals surface area contributed by atoms with Crippen molar-refractivity contribution >= 4 is 23.6 Å². The number of amides is 2. The average Bonchev–Trinajstić information content (AvgIpc) is 2.68. The Hall–Kier alpha value is -0.750. The molecule has 0 aliphatic carbocycles. The first-order chi connectivity index (χ1) is 8.16. The number of nitrogens with one attached hydrogen (secondary N) is 2. The minimum absolute atomic E-state index is 0.0404. The number of hydrogen-bond donors (Lipinski definition) is 2. The molecule has 6 heteroatoms. The molecule has 2 unspecified atom stereocenters. The van der Waals surface area contributed by atoms with Crippen LogP contribution in [0, 0.1) is 5.92 Å². The van der Waals surface area contributed by atoms with Crippen molar-refractivity contribution in [3.8, 4) is 0 Å². The quantitative estimate of drug-likeness (QED) is 0.724. The Labute approximate surface area is 106 Å². The van der Waals surface area contributed by atoms with Gasteiger partial charge < -0.3 is 15.5 Å². The first-order valence-electron chi connectivity index (χ1n) is 6.02. The van der Waals surface area contributed by atoms with Crippen LogP contribution in [-0.4, -0.2) is 54.0 Å². The summed E-state index contributed by atoms with van der Waals surface area (Å²) in [6, 6.07) is 0.196. The van der Waals surface area contributed by atoms with Crippen LogP contribution in [-0.2, 0) is 9.59 Å². The summed E-state index contributed by atoms with van der Waals surface area (Å²) in [6.07, 6.45) is 1.09. The maximum absolute atomic E-state index is 11.8. The zero-order valence-electron chi connectivity index (χ0n) is 10.1. The summed E-state index contributed by atoms with van der Waals surface area (Å²) in [5, 5.41) is 6.29. The average molecular weight is 257 g/mol. The molecule has 0 aromatic heterocycles. The smallest absolute Gasteiger partial charge is 0.239 e. The Morgan fingerprint density at radius 1 is 1.65 bits per heavy atom. The van der Waals surface area contributed by atoms with Crippen LogP contribution < -0.4 is 10.6 Å². The first-order valence-corrected chi connectivity index (χ1v) is 7.18. The molecule has 96 valence electrons. The van der Waals surface area contributed by atoms with Crippen LogP contribution in [0.25, 0.3) is 0 Å². The van der Waals surface area contributed by atoms with E-state index < -0.39 is 0 Å². The fourth-order valence-electron chi connectivity index (χ4n) is 2.15. The number of carbonyl (C=O) groups is 2. The maximum atomic E-state index is 11.8. The largest absolute Gasteiger partial charge is 0.350 e. The Balaban J connectivity index is 1.78. The van der Waals surface area contributed by atoms with Gasteiger partial charge in [-0.15, -0.1) is 11.8 Å². The van der Waals surface area contributed by atoms with Crippen molar-refractivity contribution in [3.05, 3.63) is 0 Å². The summed E-state index contributed by atoms with van der Waals surface area (Å²) in [5.74, 6) is 1.68. The van der Waals surface area contributed by atoms with Crippen molar-refractivity contribution in [1.82, 2.24) is 15.5 Å². The van der Waals surface area contributed by atoms with Gasteiger partial charge in [0.15, 0.2) is 0 Å². The normalized spacial score (nSPS) is 29.5. The second-order valence-electron chi connectivity index (χ2n) is 4.71. The second kappa shape index (κ2) is 5.73. The highest BCUT2D eigenvalue weighted by atomic mass is 32.2. The summed E-state index contributed by atoms with van der Waals surface area (Å²) >= 11 is 1.56. The van der Waals surface area contributed by atoms with Gasteiger partial charge in [-0.1, -0.05) is 6.92 Å². The van der Waals surface area contributed by atoms with Crippen LogP contribution in [0.2, 0.25) is 0 Å². The monoisotopic (exact) mass is 257 g/mol. The third-order valence-electron chi connectivity index (χ3n) is 3.33. The van der Waals surface area contributed by atoms with Gasteiger partial charge in [-0.3, -0.25) is 9.59 Å². The van der Waals surface area contributed by atoms with Crippen LogP contribution in [0.4, 0.5) is 0 Å². The van der Waals surface area contributed by atoms with E-state index >= 15 is 0 Å². The number of carbonyl (C=O) groups excluding carboxylic acids is 2.